The van der Waals surface area contributed by atoms with Crippen LogP contribution in [0, 0.1) is 15.9 Å². The summed E-state index contributed by atoms with van der Waals surface area (Å²) in [6.07, 6.45) is 0. The van der Waals surface area contributed by atoms with Crippen molar-refractivity contribution in [1.29, 1.82) is 0 Å². The van der Waals surface area contributed by atoms with Crippen molar-refractivity contribution in [2.75, 3.05) is 7.11 Å². The number of halogens is 1. The summed E-state index contributed by atoms with van der Waals surface area (Å²) in [5.74, 6) is -0.805. The number of nitrogens with zero attached hydrogens (tertiary/aromatic N) is 1. The Morgan fingerprint density at radius 3 is 2.47 bits per heavy atom. The van der Waals surface area contributed by atoms with Crippen LogP contribution < -0.4 is 4.74 Å². The van der Waals surface area contributed by atoms with Crippen molar-refractivity contribution in [1.82, 2.24) is 0 Å². The molecule has 0 saturated carbocycles. The van der Waals surface area contributed by atoms with Crippen LogP contribution in [-0.2, 0) is 0 Å². The molecule has 15 heavy (non-hydrogen) atoms. The number of nitro groups is 1. The molecular formula is C10H12FNO3. The van der Waals surface area contributed by atoms with Crippen LogP contribution in [0.2, 0.25) is 0 Å². The predicted octanol–water partition coefficient (Wildman–Crippen LogP) is 2.87. The third-order valence-corrected chi connectivity index (χ3v) is 2.12. The number of benzene rings is 1. The lowest BCUT2D eigenvalue weighted by atomic mass is 10.0. The molecule has 4 nitrogen and oxygen atoms in total. The Morgan fingerprint density at radius 1 is 1.47 bits per heavy atom. The van der Waals surface area contributed by atoms with Crippen LogP contribution in [0.4, 0.5) is 10.1 Å². The minimum absolute atomic E-state index is 0.0382. The predicted molar refractivity (Wildman–Crippen MR) is 53.7 cm³/mol. The smallest absolute Gasteiger partial charge is 0.346 e. The number of nitro benzene ring substituents is 1. The standard InChI is InChI=1S/C10H12FNO3/c1-6(2)7-4-8(11)10(12(13)14)9(5-7)15-3/h4-6H,1-3H3. The lowest BCUT2D eigenvalue weighted by Gasteiger charge is -2.08. The number of ether oxygens (including phenoxy) is 1. The third kappa shape index (κ3) is 2.23. The molecule has 0 fully saturated rings. The minimum atomic E-state index is -0.858. The van der Waals surface area contributed by atoms with Crippen molar-refractivity contribution >= 4 is 5.69 Å². The van der Waals surface area contributed by atoms with Gasteiger partial charge in [0.05, 0.1) is 12.0 Å². The van der Waals surface area contributed by atoms with Crippen LogP contribution in [-0.4, -0.2) is 12.0 Å². The van der Waals surface area contributed by atoms with Gasteiger partial charge in [-0.15, -0.1) is 0 Å². The van der Waals surface area contributed by atoms with Gasteiger partial charge in [0.15, 0.2) is 5.75 Å². The van der Waals surface area contributed by atoms with Gasteiger partial charge in [-0.2, -0.15) is 4.39 Å². The second-order valence-corrected chi connectivity index (χ2v) is 3.47. The molecule has 0 bridgehead atoms. The van der Waals surface area contributed by atoms with E-state index in [1.165, 1.54) is 19.2 Å². The van der Waals surface area contributed by atoms with E-state index < -0.39 is 16.4 Å². The number of methoxy groups -OCH3 is 1. The molecule has 0 atom stereocenters. The van der Waals surface area contributed by atoms with Gasteiger partial charge in [0.1, 0.15) is 0 Å². The van der Waals surface area contributed by atoms with Crippen molar-refractivity contribution in [3.05, 3.63) is 33.6 Å². The fraction of sp³-hybridized carbons (Fsp3) is 0.400. The molecule has 0 aromatic heterocycles. The fourth-order valence-corrected chi connectivity index (χ4v) is 1.26. The Morgan fingerprint density at radius 2 is 2.07 bits per heavy atom. The largest absolute Gasteiger partial charge is 0.490 e. The average Bonchev–Trinajstić information content (AvgIpc) is 2.15. The van der Waals surface area contributed by atoms with Crippen LogP contribution in [0.15, 0.2) is 12.1 Å². The summed E-state index contributed by atoms with van der Waals surface area (Å²) in [5, 5.41) is 10.6. The van der Waals surface area contributed by atoms with E-state index in [4.69, 9.17) is 4.74 Å². The minimum Gasteiger partial charge on any atom is -0.490 e. The van der Waals surface area contributed by atoms with Gasteiger partial charge in [0.25, 0.3) is 0 Å². The van der Waals surface area contributed by atoms with Gasteiger partial charge in [0.2, 0.25) is 5.82 Å². The van der Waals surface area contributed by atoms with E-state index in [-0.39, 0.29) is 11.7 Å². The second kappa shape index (κ2) is 4.25. The Kier molecular flexibility index (Phi) is 3.24. The molecule has 0 aliphatic carbocycles. The normalized spacial score (nSPS) is 10.5. The SMILES string of the molecule is COc1cc(C(C)C)cc(F)c1[N+](=O)[O-]. The summed E-state index contributed by atoms with van der Waals surface area (Å²) in [4.78, 5) is 9.79. The number of hydrogen-bond donors (Lipinski definition) is 0. The maximum absolute atomic E-state index is 13.4. The maximum Gasteiger partial charge on any atom is 0.346 e. The molecule has 0 amide bonds. The summed E-state index contributed by atoms with van der Waals surface area (Å²) >= 11 is 0. The van der Waals surface area contributed by atoms with Crippen LogP contribution in [0.5, 0.6) is 5.75 Å². The Hall–Kier alpha value is -1.65. The molecule has 0 unspecified atom stereocenters. The topological polar surface area (TPSA) is 52.4 Å². The highest BCUT2D eigenvalue weighted by Gasteiger charge is 2.22. The van der Waals surface area contributed by atoms with Crippen LogP contribution in [0.25, 0.3) is 0 Å². The third-order valence-electron chi connectivity index (χ3n) is 2.12. The van der Waals surface area contributed by atoms with E-state index in [9.17, 15) is 14.5 Å². The monoisotopic (exact) mass is 213 g/mol. The van der Waals surface area contributed by atoms with Crippen molar-refractivity contribution in [2.24, 2.45) is 0 Å². The summed E-state index contributed by atoms with van der Waals surface area (Å²) in [5.41, 5.74) is 0.0665. The highest BCUT2D eigenvalue weighted by molar-refractivity contribution is 5.50. The molecule has 0 spiro atoms. The lowest BCUT2D eigenvalue weighted by Crippen LogP contribution is -2.00. The summed E-state index contributed by atoms with van der Waals surface area (Å²) in [7, 11) is 1.28. The van der Waals surface area contributed by atoms with E-state index in [0.717, 1.165) is 0 Å². The van der Waals surface area contributed by atoms with Crippen LogP contribution in [0.3, 0.4) is 0 Å². The summed E-state index contributed by atoms with van der Waals surface area (Å²) < 4.78 is 18.2. The van der Waals surface area contributed by atoms with E-state index in [0.29, 0.717) is 5.56 Å². The molecule has 0 saturated heterocycles. The van der Waals surface area contributed by atoms with Gasteiger partial charge in [-0.1, -0.05) is 13.8 Å². The van der Waals surface area contributed by atoms with Gasteiger partial charge in [-0.25, -0.2) is 0 Å². The highest BCUT2D eigenvalue weighted by Crippen LogP contribution is 2.33. The van der Waals surface area contributed by atoms with Gasteiger partial charge in [-0.3, -0.25) is 10.1 Å². The van der Waals surface area contributed by atoms with Crippen molar-refractivity contribution in [2.45, 2.75) is 19.8 Å². The first kappa shape index (κ1) is 11.4. The zero-order valence-electron chi connectivity index (χ0n) is 8.78. The number of hydrogen-bond acceptors (Lipinski definition) is 3. The zero-order valence-corrected chi connectivity index (χ0v) is 8.78. The van der Waals surface area contributed by atoms with Crippen molar-refractivity contribution < 1.29 is 14.1 Å². The van der Waals surface area contributed by atoms with Crippen LogP contribution in [0.1, 0.15) is 25.3 Å². The molecule has 1 aromatic carbocycles. The molecule has 1 rings (SSSR count). The maximum atomic E-state index is 13.4. The van der Waals surface area contributed by atoms with E-state index >= 15 is 0 Å². The second-order valence-electron chi connectivity index (χ2n) is 3.47. The fourth-order valence-electron chi connectivity index (χ4n) is 1.26. The van der Waals surface area contributed by atoms with E-state index in [1.807, 2.05) is 13.8 Å². The van der Waals surface area contributed by atoms with E-state index in [1.54, 1.807) is 0 Å². The molecule has 5 heteroatoms. The zero-order chi connectivity index (χ0) is 11.6. The van der Waals surface area contributed by atoms with E-state index in [2.05, 4.69) is 0 Å². The first-order valence-corrected chi connectivity index (χ1v) is 4.49. The molecule has 0 radical (unpaired) electrons. The Bertz CT molecular complexity index is 390. The molecule has 0 aliphatic heterocycles. The lowest BCUT2D eigenvalue weighted by molar-refractivity contribution is -0.388. The molecule has 1 aromatic rings. The van der Waals surface area contributed by atoms with Crippen molar-refractivity contribution in [3.63, 3.8) is 0 Å². The molecule has 0 N–H and O–H groups in total. The highest BCUT2D eigenvalue weighted by atomic mass is 19.1. The number of rotatable bonds is 3. The average molecular weight is 213 g/mol. The van der Waals surface area contributed by atoms with Crippen LogP contribution >= 0.6 is 0 Å². The molecule has 82 valence electrons. The summed E-state index contributed by atoms with van der Waals surface area (Å²) in [6, 6.07) is 2.66. The first-order chi connectivity index (χ1) is 6.97. The molecule has 0 heterocycles. The van der Waals surface area contributed by atoms with Gasteiger partial charge in [-0.05, 0) is 23.6 Å². The molecular weight excluding hydrogens is 201 g/mol. The Balaban J connectivity index is 3.37. The van der Waals surface area contributed by atoms with Crippen molar-refractivity contribution in [3.8, 4) is 5.75 Å². The molecule has 0 aliphatic rings. The van der Waals surface area contributed by atoms with Gasteiger partial charge in [0, 0.05) is 0 Å². The Labute approximate surface area is 86.8 Å². The van der Waals surface area contributed by atoms with Gasteiger partial charge >= 0.3 is 5.69 Å². The van der Waals surface area contributed by atoms with Gasteiger partial charge < -0.3 is 4.74 Å². The first-order valence-electron chi connectivity index (χ1n) is 4.49. The summed E-state index contributed by atoms with van der Waals surface area (Å²) in [6.45, 7) is 3.75. The quantitative estimate of drug-likeness (QED) is 0.573.